The molecule has 0 atom stereocenters. The van der Waals surface area contributed by atoms with E-state index in [0.29, 0.717) is 5.56 Å². The maximum absolute atomic E-state index is 11.9. The summed E-state index contributed by atoms with van der Waals surface area (Å²) in [5.41, 5.74) is 3.74. The largest absolute Gasteiger partial charge is 0.490 e. The Hall–Kier alpha value is -2.82. The summed E-state index contributed by atoms with van der Waals surface area (Å²) >= 11 is 0. The summed E-state index contributed by atoms with van der Waals surface area (Å²) in [4.78, 5) is 23.6. The maximum atomic E-state index is 11.9. The smallest absolute Gasteiger partial charge is 0.325 e. The van der Waals surface area contributed by atoms with E-state index >= 15 is 0 Å². The Morgan fingerprint density at radius 3 is 2.32 bits per heavy atom. The lowest BCUT2D eigenvalue weighted by atomic mass is 10.1. The van der Waals surface area contributed by atoms with Crippen molar-refractivity contribution in [1.29, 1.82) is 0 Å². The van der Waals surface area contributed by atoms with Crippen molar-refractivity contribution in [2.24, 2.45) is 0 Å². The molecule has 0 aromatic heterocycles. The first-order chi connectivity index (χ1) is 11.9. The van der Waals surface area contributed by atoms with Gasteiger partial charge in [-0.2, -0.15) is 0 Å². The molecule has 0 saturated carbocycles. The molecule has 0 aliphatic rings. The van der Waals surface area contributed by atoms with Crippen LogP contribution in [0.4, 0.5) is 0 Å². The van der Waals surface area contributed by atoms with E-state index in [1.165, 1.54) is 0 Å². The molecule has 0 fully saturated rings. The van der Waals surface area contributed by atoms with Crippen LogP contribution in [0.3, 0.4) is 0 Å². The minimum atomic E-state index is -0.495. The highest BCUT2D eigenvalue weighted by Gasteiger charge is 2.09. The van der Waals surface area contributed by atoms with E-state index in [1.807, 2.05) is 39.0 Å². The molecule has 0 radical (unpaired) electrons. The van der Waals surface area contributed by atoms with Gasteiger partial charge in [-0.05, 0) is 56.2 Å². The van der Waals surface area contributed by atoms with Gasteiger partial charge in [0.05, 0.1) is 0 Å². The number of benzene rings is 2. The zero-order chi connectivity index (χ0) is 18.2. The molecular weight excluding hydrogens is 318 g/mol. The Morgan fingerprint density at radius 2 is 1.64 bits per heavy atom. The maximum Gasteiger partial charge on any atom is 0.325 e. The topological polar surface area (TPSA) is 64.6 Å². The van der Waals surface area contributed by atoms with E-state index in [0.717, 1.165) is 22.4 Å². The standard InChI is InChI=1S/C20H23NO4/c1-14-5-4-6-17(10-14)20(23)21-13-19(22)25-8-7-24-18-11-15(2)9-16(3)12-18/h4-6,9-12H,7-8,13H2,1-3H3,(H,21,23). The van der Waals surface area contributed by atoms with Gasteiger partial charge in [0.1, 0.15) is 25.5 Å². The summed E-state index contributed by atoms with van der Waals surface area (Å²) in [6, 6.07) is 13.1. The molecule has 0 saturated heterocycles. The third-order valence-corrected chi connectivity index (χ3v) is 3.48. The molecule has 0 aliphatic carbocycles. The van der Waals surface area contributed by atoms with Crippen LogP contribution in [0.15, 0.2) is 42.5 Å². The van der Waals surface area contributed by atoms with Crippen LogP contribution in [0.5, 0.6) is 5.75 Å². The molecule has 132 valence electrons. The number of aryl methyl sites for hydroxylation is 3. The summed E-state index contributed by atoms with van der Waals surface area (Å²) in [6.07, 6.45) is 0. The predicted octanol–water partition coefficient (Wildman–Crippen LogP) is 2.96. The Morgan fingerprint density at radius 1 is 0.920 bits per heavy atom. The van der Waals surface area contributed by atoms with Crippen molar-refractivity contribution in [3.05, 3.63) is 64.7 Å². The first kappa shape index (κ1) is 18.5. The Balaban J connectivity index is 1.68. The van der Waals surface area contributed by atoms with Gasteiger partial charge >= 0.3 is 5.97 Å². The zero-order valence-corrected chi connectivity index (χ0v) is 14.8. The lowest BCUT2D eigenvalue weighted by molar-refractivity contribution is -0.143. The van der Waals surface area contributed by atoms with E-state index in [4.69, 9.17) is 9.47 Å². The normalized spacial score (nSPS) is 10.2. The Labute approximate surface area is 148 Å². The summed E-state index contributed by atoms with van der Waals surface area (Å²) in [6.45, 7) is 6.12. The fourth-order valence-electron chi connectivity index (χ4n) is 2.42. The van der Waals surface area contributed by atoms with Crippen molar-refractivity contribution >= 4 is 11.9 Å². The average molecular weight is 341 g/mol. The molecule has 0 aliphatic heterocycles. The second-order valence-corrected chi connectivity index (χ2v) is 5.94. The summed E-state index contributed by atoms with van der Waals surface area (Å²) in [5.74, 6) is -0.0431. The molecule has 5 nitrogen and oxygen atoms in total. The number of rotatable bonds is 7. The number of carbonyl (C=O) groups excluding carboxylic acids is 2. The molecule has 1 amide bonds. The van der Waals surface area contributed by atoms with Crippen molar-refractivity contribution < 1.29 is 19.1 Å². The van der Waals surface area contributed by atoms with Gasteiger partial charge in [-0.3, -0.25) is 9.59 Å². The van der Waals surface area contributed by atoms with E-state index in [1.54, 1.807) is 18.2 Å². The Kier molecular flexibility index (Phi) is 6.57. The van der Waals surface area contributed by atoms with E-state index in [-0.39, 0.29) is 25.7 Å². The average Bonchev–Trinajstić information content (AvgIpc) is 2.55. The van der Waals surface area contributed by atoms with Crippen LogP contribution >= 0.6 is 0 Å². The predicted molar refractivity (Wildman–Crippen MR) is 95.9 cm³/mol. The minimum absolute atomic E-state index is 0.131. The third kappa shape index (κ3) is 6.30. The van der Waals surface area contributed by atoms with Gasteiger partial charge in [0, 0.05) is 5.56 Å². The van der Waals surface area contributed by atoms with E-state index in [9.17, 15) is 9.59 Å². The van der Waals surface area contributed by atoms with E-state index < -0.39 is 5.97 Å². The molecule has 0 bridgehead atoms. The first-order valence-corrected chi connectivity index (χ1v) is 8.15. The summed E-state index contributed by atoms with van der Waals surface area (Å²) in [5, 5.41) is 2.55. The van der Waals surface area contributed by atoms with Crippen molar-refractivity contribution in [3.8, 4) is 5.75 Å². The quantitative estimate of drug-likeness (QED) is 0.621. The molecule has 2 aromatic rings. The van der Waals surface area contributed by atoms with Crippen molar-refractivity contribution in [2.75, 3.05) is 19.8 Å². The number of ether oxygens (including phenoxy) is 2. The highest BCUT2D eigenvalue weighted by molar-refractivity contribution is 5.96. The second kappa shape index (κ2) is 8.87. The number of esters is 1. The molecular formula is C20H23NO4. The molecule has 5 heteroatoms. The van der Waals surface area contributed by atoms with Gasteiger partial charge in [0.15, 0.2) is 0 Å². The lowest BCUT2D eigenvalue weighted by Gasteiger charge is -2.09. The summed E-state index contributed by atoms with van der Waals surface area (Å²) < 4.78 is 10.6. The van der Waals surface area contributed by atoms with Gasteiger partial charge in [0.25, 0.3) is 5.91 Å². The minimum Gasteiger partial charge on any atom is -0.490 e. The Bertz CT molecular complexity index is 735. The van der Waals surface area contributed by atoms with Crippen LogP contribution in [0.1, 0.15) is 27.0 Å². The fraction of sp³-hybridized carbons (Fsp3) is 0.300. The van der Waals surface area contributed by atoms with E-state index in [2.05, 4.69) is 11.4 Å². The fourth-order valence-corrected chi connectivity index (χ4v) is 2.42. The molecule has 2 aromatic carbocycles. The van der Waals surface area contributed by atoms with Crippen LogP contribution in [-0.4, -0.2) is 31.6 Å². The van der Waals surface area contributed by atoms with Crippen molar-refractivity contribution in [2.45, 2.75) is 20.8 Å². The van der Waals surface area contributed by atoms with Gasteiger partial charge in [-0.1, -0.05) is 23.8 Å². The van der Waals surface area contributed by atoms with Crippen LogP contribution in [0.2, 0.25) is 0 Å². The van der Waals surface area contributed by atoms with Crippen LogP contribution in [0.25, 0.3) is 0 Å². The molecule has 2 rings (SSSR count). The zero-order valence-electron chi connectivity index (χ0n) is 14.8. The van der Waals surface area contributed by atoms with Gasteiger partial charge in [-0.15, -0.1) is 0 Å². The van der Waals surface area contributed by atoms with Gasteiger partial charge in [0.2, 0.25) is 0 Å². The number of hydrogen-bond donors (Lipinski definition) is 1. The number of nitrogens with one attached hydrogen (secondary N) is 1. The molecule has 0 heterocycles. The van der Waals surface area contributed by atoms with Crippen LogP contribution in [0, 0.1) is 20.8 Å². The summed E-state index contributed by atoms with van der Waals surface area (Å²) in [7, 11) is 0. The van der Waals surface area contributed by atoms with Crippen molar-refractivity contribution in [1.82, 2.24) is 5.32 Å². The molecule has 25 heavy (non-hydrogen) atoms. The SMILES string of the molecule is Cc1cc(C)cc(OCCOC(=O)CNC(=O)c2cccc(C)c2)c1. The first-order valence-electron chi connectivity index (χ1n) is 8.15. The second-order valence-electron chi connectivity index (χ2n) is 5.94. The van der Waals surface area contributed by atoms with Crippen LogP contribution < -0.4 is 10.1 Å². The van der Waals surface area contributed by atoms with Crippen LogP contribution in [-0.2, 0) is 9.53 Å². The number of hydrogen-bond acceptors (Lipinski definition) is 4. The highest BCUT2D eigenvalue weighted by atomic mass is 16.6. The third-order valence-electron chi connectivity index (χ3n) is 3.48. The highest BCUT2D eigenvalue weighted by Crippen LogP contribution is 2.15. The lowest BCUT2D eigenvalue weighted by Crippen LogP contribution is -2.31. The molecule has 1 N–H and O–H groups in total. The van der Waals surface area contributed by atoms with Gasteiger partial charge in [-0.25, -0.2) is 0 Å². The van der Waals surface area contributed by atoms with Gasteiger partial charge < -0.3 is 14.8 Å². The number of amides is 1. The van der Waals surface area contributed by atoms with Crippen molar-refractivity contribution in [3.63, 3.8) is 0 Å². The monoisotopic (exact) mass is 341 g/mol. The molecule has 0 spiro atoms. The molecule has 0 unspecified atom stereocenters. The number of carbonyl (C=O) groups is 2.